The van der Waals surface area contributed by atoms with Gasteiger partial charge in [0.1, 0.15) is 5.75 Å². The lowest BCUT2D eigenvalue weighted by atomic mass is 10.3. The molecular weight excluding hydrogens is 268 g/mol. The zero-order chi connectivity index (χ0) is 14.5. The highest BCUT2D eigenvalue weighted by Gasteiger charge is 2.14. The first-order valence-corrected chi connectivity index (χ1v) is 7.37. The number of phenolic OH excluding ortho intramolecular Hbond substituents is 1. The summed E-state index contributed by atoms with van der Waals surface area (Å²) in [6, 6.07) is 5.21. The molecule has 0 aromatic heterocycles. The fourth-order valence-corrected chi connectivity index (χ4v) is 2.43. The van der Waals surface area contributed by atoms with Gasteiger partial charge in [0.15, 0.2) is 0 Å². The second kappa shape index (κ2) is 6.53. The third-order valence-electron chi connectivity index (χ3n) is 2.24. The van der Waals surface area contributed by atoms with E-state index in [4.69, 9.17) is 5.11 Å². The van der Waals surface area contributed by atoms with Gasteiger partial charge in [-0.1, -0.05) is 0 Å². The first-order chi connectivity index (χ1) is 8.81. The maximum Gasteiger partial charge on any atom is 0.240 e. The quantitative estimate of drug-likeness (QED) is 0.713. The van der Waals surface area contributed by atoms with Crippen molar-refractivity contribution in [1.29, 1.82) is 0 Å². The lowest BCUT2D eigenvalue weighted by Gasteiger charge is -2.09. The van der Waals surface area contributed by atoms with Crippen LogP contribution in [0.2, 0.25) is 0 Å². The van der Waals surface area contributed by atoms with Gasteiger partial charge >= 0.3 is 0 Å². The average molecular weight is 286 g/mol. The summed E-state index contributed by atoms with van der Waals surface area (Å²) in [6.07, 6.45) is 0.0789. The van der Waals surface area contributed by atoms with E-state index in [-0.39, 0.29) is 35.6 Å². The van der Waals surface area contributed by atoms with Gasteiger partial charge < -0.3 is 10.4 Å². The maximum atomic E-state index is 11.8. The Morgan fingerprint density at radius 2 is 1.84 bits per heavy atom. The average Bonchev–Trinajstić information content (AvgIpc) is 2.28. The topological polar surface area (TPSA) is 95.5 Å². The van der Waals surface area contributed by atoms with Crippen molar-refractivity contribution in [2.75, 3.05) is 6.54 Å². The highest BCUT2D eigenvalue weighted by atomic mass is 32.2. The Morgan fingerprint density at radius 1 is 1.26 bits per heavy atom. The molecule has 0 saturated carbocycles. The smallest absolute Gasteiger partial charge is 0.240 e. The van der Waals surface area contributed by atoms with Crippen molar-refractivity contribution in [1.82, 2.24) is 10.0 Å². The Hall–Kier alpha value is -1.60. The maximum absolute atomic E-state index is 11.8. The minimum Gasteiger partial charge on any atom is -0.508 e. The van der Waals surface area contributed by atoms with E-state index >= 15 is 0 Å². The number of amides is 1. The van der Waals surface area contributed by atoms with Crippen molar-refractivity contribution < 1.29 is 18.3 Å². The van der Waals surface area contributed by atoms with Crippen LogP contribution in [0.25, 0.3) is 0 Å². The third-order valence-corrected chi connectivity index (χ3v) is 3.72. The number of carbonyl (C=O) groups excluding carboxylic acids is 1. The van der Waals surface area contributed by atoms with E-state index in [0.29, 0.717) is 0 Å². The molecule has 0 bridgehead atoms. The van der Waals surface area contributed by atoms with Crippen molar-refractivity contribution in [2.24, 2.45) is 0 Å². The van der Waals surface area contributed by atoms with Crippen LogP contribution in [0.1, 0.15) is 20.3 Å². The first kappa shape index (κ1) is 15.5. The fraction of sp³-hybridized carbons (Fsp3) is 0.417. The van der Waals surface area contributed by atoms with Crippen molar-refractivity contribution in [2.45, 2.75) is 31.2 Å². The van der Waals surface area contributed by atoms with Crippen LogP contribution in [-0.4, -0.2) is 32.0 Å². The number of hydrogen-bond acceptors (Lipinski definition) is 4. The molecule has 0 unspecified atom stereocenters. The van der Waals surface area contributed by atoms with Crippen LogP contribution >= 0.6 is 0 Å². The summed E-state index contributed by atoms with van der Waals surface area (Å²) in [7, 11) is -3.64. The van der Waals surface area contributed by atoms with Gasteiger partial charge in [-0.05, 0) is 38.1 Å². The molecule has 0 aliphatic carbocycles. The van der Waals surface area contributed by atoms with E-state index in [2.05, 4.69) is 10.0 Å². The number of phenols is 1. The van der Waals surface area contributed by atoms with E-state index in [9.17, 15) is 13.2 Å². The summed E-state index contributed by atoms with van der Waals surface area (Å²) in [5, 5.41) is 11.8. The Kier molecular flexibility index (Phi) is 5.31. The monoisotopic (exact) mass is 286 g/mol. The molecule has 0 atom stereocenters. The molecule has 7 heteroatoms. The molecule has 6 nitrogen and oxygen atoms in total. The molecule has 0 aliphatic heterocycles. The van der Waals surface area contributed by atoms with Crippen LogP contribution in [0.15, 0.2) is 29.2 Å². The van der Waals surface area contributed by atoms with Crippen LogP contribution in [0.3, 0.4) is 0 Å². The van der Waals surface area contributed by atoms with Crippen molar-refractivity contribution >= 4 is 15.9 Å². The first-order valence-electron chi connectivity index (χ1n) is 5.89. The minimum absolute atomic E-state index is 0.00439. The predicted molar refractivity (Wildman–Crippen MR) is 71.2 cm³/mol. The lowest BCUT2D eigenvalue weighted by Crippen LogP contribution is -2.34. The number of rotatable bonds is 6. The van der Waals surface area contributed by atoms with Crippen LogP contribution < -0.4 is 10.0 Å². The van der Waals surface area contributed by atoms with Gasteiger partial charge in [0.25, 0.3) is 0 Å². The van der Waals surface area contributed by atoms with Gasteiger partial charge in [-0.15, -0.1) is 0 Å². The van der Waals surface area contributed by atoms with Crippen LogP contribution in [0.4, 0.5) is 0 Å². The predicted octanol–water partition coefficient (Wildman–Crippen LogP) is 0.585. The molecule has 1 aromatic rings. The van der Waals surface area contributed by atoms with Gasteiger partial charge in [0.05, 0.1) is 4.90 Å². The number of carbonyl (C=O) groups is 1. The number of nitrogens with one attached hydrogen (secondary N) is 2. The van der Waals surface area contributed by atoms with Gasteiger partial charge in [-0.3, -0.25) is 4.79 Å². The summed E-state index contributed by atoms with van der Waals surface area (Å²) in [4.78, 5) is 11.4. The zero-order valence-electron chi connectivity index (χ0n) is 10.9. The molecule has 19 heavy (non-hydrogen) atoms. The van der Waals surface area contributed by atoms with Crippen LogP contribution in [0, 0.1) is 0 Å². The molecule has 0 spiro atoms. The summed E-state index contributed by atoms with van der Waals surface area (Å²) in [6.45, 7) is 3.69. The van der Waals surface area contributed by atoms with E-state index in [1.165, 1.54) is 24.3 Å². The van der Waals surface area contributed by atoms with Crippen molar-refractivity contribution in [3.05, 3.63) is 24.3 Å². The molecular formula is C12H18N2O4S. The highest BCUT2D eigenvalue weighted by Crippen LogP contribution is 2.13. The minimum atomic E-state index is -3.64. The molecule has 1 aromatic carbocycles. The third kappa shape index (κ3) is 5.27. The number of hydrogen-bond donors (Lipinski definition) is 3. The molecule has 1 amide bonds. The Morgan fingerprint density at radius 3 is 2.37 bits per heavy atom. The fourth-order valence-electron chi connectivity index (χ4n) is 1.40. The summed E-state index contributed by atoms with van der Waals surface area (Å²) in [5.41, 5.74) is 0. The second-order valence-corrected chi connectivity index (χ2v) is 6.13. The van der Waals surface area contributed by atoms with Gasteiger partial charge in [-0.25, -0.2) is 13.1 Å². The summed E-state index contributed by atoms with van der Waals surface area (Å²) < 4.78 is 26.0. The van der Waals surface area contributed by atoms with Gasteiger partial charge in [0, 0.05) is 19.0 Å². The van der Waals surface area contributed by atoms with E-state index in [1.54, 1.807) is 0 Å². The number of sulfonamides is 1. The number of aromatic hydroxyl groups is 1. The van der Waals surface area contributed by atoms with E-state index in [1.807, 2.05) is 13.8 Å². The van der Waals surface area contributed by atoms with Crippen LogP contribution in [-0.2, 0) is 14.8 Å². The molecule has 106 valence electrons. The van der Waals surface area contributed by atoms with Crippen LogP contribution in [0.5, 0.6) is 5.75 Å². The Balaban J connectivity index is 2.52. The zero-order valence-corrected chi connectivity index (χ0v) is 11.7. The van der Waals surface area contributed by atoms with E-state index in [0.717, 1.165) is 0 Å². The Labute approximate surface area is 112 Å². The molecule has 3 N–H and O–H groups in total. The SMILES string of the molecule is CC(C)NC(=O)CCNS(=O)(=O)c1ccc(O)cc1. The molecule has 0 heterocycles. The highest BCUT2D eigenvalue weighted by molar-refractivity contribution is 7.89. The normalized spacial score (nSPS) is 11.5. The summed E-state index contributed by atoms with van der Waals surface area (Å²) in [5.74, 6) is -0.210. The largest absolute Gasteiger partial charge is 0.508 e. The molecule has 0 fully saturated rings. The molecule has 0 radical (unpaired) electrons. The lowest BCUT2D eigenvalue weighted by molar-refractivity contribution is -0.121. The number of benzene rings is 1. The molecule has 1 rings (SSSR count). The summed E-state index contributed by atoms with van der Waals surface area (Å²) >= 11 is 0. The standard InChI is InChI=1S/C12H18N2O4S/c1-9(2)14-12(16)7-8-13-19(17,18)11-5-3-10(15)4-6-11/h3-6,9,13,15H,7-8H2,1-2H3,(H,14,16). The second-order valence-electron chi connectivity index (χ2n) is 4.36. The molecule has 0 aliphatic rings. The van der Waals surface area contributed by atoms with Gasteiger partial charge in [-0.2, -0.15) is 0 Å². The van der Waals surface area contributed by atoms with Gasteiger partial charge in [0.2, 0.25) is 15.9 Å². The van der Waals surface area contributed by atoms with Crippen molar-refractivity contribution in [3.63, 3.8) is 0 Å². The van der Waals surface area contributed by atoms with Crippen molar-refractivity contribution in [3.8, 4) is 5.75 Å². The Bertz CT molecular complexity index is 523. The van der Waals surface area contributed by atoms with E-state index < -0.39 is 10.0 Å². The molecule has 0 saturated heterocycles.